The molecule has 1 rings (SSSR count). The number of carbonyl (C=O) groups is 2. The van der Waals surface area contributed by atoms with Crippen LogP contribution in [0, 0.1) is 0 Å². The molecule has 0 fully saturated rings. The van der Waals surface area contributed by atoms with Crippen LogP contribution in [0.3, 0.4) is 0 Å². The Bertz CT molecular complexity index is 439. The van der Waals surface area contributed by atoms with Crippen LogP contribution in [0.1, 0.15) is 50.2 Å². The molecule has 5 heteroatoms. The second kappa shape index (κ2) is 6.41. The Balaban J connectivity index is 2.46. The summed E-state index contributed by atoms with van der Waals surface area (Å²) in [5, 5.41) is 0. The van der Waals surface area contributed by atoms with Crippen molar-refractivity contribution in [3.63, 3.8) is 0 Å². The average Bonchev–Trinajstić information content (AvgIpc) is 2.73. The number of furan rings is 1. The third-order valence-corrected chi connectivity index (χ3v) is 2.16. The highest BCUT2D eigenvalue weighted by molar-refractivity contribution is 5.89. The zero-order valence-corrected chi connectivity index (χ0v) is 11.8. The van der Waals surface area contributed by atoms with Gasteiger partial charge in [0.05, 0.1) is 18.6 Å². The van der Waals surface area contributed by atoms with Crippen molar-refractivity contribution in [1.29, 1.82) is 0 Å². The van der Waals surface area contributed by atoms with Crippen LogP contribution in [-0.2, 0) is 20.7 Å². The minimum Gasteiger partial charge on any atom is -0.468 e. The number of hydrogen-bond acceptors (Lipinski definition) is 5. The summed E-state index contributed by atoms with van der Waals surface area (Å²) in [6.07, 6.45) is 1.95. The summed E-state index contributed by atoms with van der Waals surface area (Å²) in [4.78, 5) is 22.9. The van der Waals surface area contributed by atoms with Crippen LogP contribution < -0.4 is 0 Å². The normalized spacial score (nSPS) is 11.2. The maximum absolute atomic E-state index is 11.5. The number of esters is 2. The summed E-state index contributed by atoms with van der Waals surface area (Å²) in [7, 11) is 0. The van der Waals surface area contributed by atoms with Crippen molar-refractivity contribution in [3.8, 4) is 0 Å². The van der Waals surface area contributed by atoms with Gasteiger partial charge in [0.1, 0.15) is 17.6 Å². The molecule has 0 saturated heterocycles. The summed E-state index contributed by atoms with van der Waals surface area (Å²) < 4.78 is 15.2. The van der Waals surface area contributed by atoms with Crippen molar-refractivity contribution in [2.24, 2.45) is 0 Å². The SMILES string of the molecule is CCOC(=O)c1coc(CCC(=O)OC(C)(C)C)c1. The van der Waals surface area contributed by atoms with E-state index >= 15 is 0 Å². The van der Waals surface area contributed by atoms with Crippen molar-refractivity contribution < 1.29 is 23.5 Å². The fourth-order valence-corrected chi connectivity index (χ4v) is 1.45. The lowest BCUT2D eigenvalue weighted by Crippen LogP contribution is -2.23. The van der Waals surface area contributed by atoms with Crippen LogP contribution in [0.25, 0.3) is 0 Å². The van der Waals surface area contributed by atoms with Gasteiger partial charge < -0.3 is 13.9 Å². The van der Waals surface area contributed by atoms with E-state index in [2.05, 4.69) is 0 Å². The molecular formula is C14H20O5. The quantitative estimate of drug-likeness (QED) is 0.768. The predicted octanol–water partition coefficient (Wildman–Crippen LogP) is 2.73. The highest BCUT2D eigenvalue weighted by Crippen LogP contribution is 2.13. The molecule has 0 aliphatic carbocycles. The molecule has 19 heavy (non-hydrogen) atoms. The van der Waals surface area contributed by atoms with Crippen LogP contribution in [0.4, 0.5) is 0 Å². The van der Waals surface area contributed by atoms with Crippen LogP contribution in [0.15, 0.2) is 16.7 Å². The first kappa shape index (κ1) is 15.3. The van der Waals surface area contributed by atoms with Gasteiger partial charge in [0, 0.05) is 6.42 Å². The third-order valence-electron chi connectivity index (χ3n) is 2.16. The second-order valence-electron chi connectivity index (χ2n) is 5.11. The van der Waals surface area contributed by atoms with Gasteiger partial charge in [-0.05, 0) is 33.8 Å². The standard InChI is InChI=1S/C14H20O5/c1-5-17-13(16)10-8-11(18-9-10)6-7-12(15)19-14(2,3)4/h8-9H,5-7H2,1-4H3. The first-order valence-electron chi connectivity index (χ1n) is 6.28. The first-order valence-corrected chi connectivity index (χ1v) is 6.28. The number of carbonyl (C=O) groups excluding carboxylic acids is 2. The molecule has 0 aliphatic rings. The Hall–Kier alpha value is -1.78. The van der Waals surface area contributed by atoms with Crippen molar-refractivity contribution in [1.82, 2.24) is 0 Å². The van der Waals surface area contributed by atoms with Crippen molar-refractivity contribution in [2.45, 2.75) is 46.1 Å². The lowest BCUT2D eigenvalue weighted by atomic mass is 10.2. The molecule has 0 N–H and O–H groups in total. The molecule has 0 bridgehead atoms. The number of aryl methyl sites for hydroxylation is 1. The molecule has 0 spiro atoms. The largest absolute Gasteiger partial charge is 0.468 e. The molecular weight excluding hydrogens is 248 g/mol. The molecule has 5 nitrogen and oxygen atoms in total. The van der Waals surface area contributed by atoms with Gasteiger partial charge in [-0.3, -0.25) is 4.79 Å². The molecule has 0 saturated carbocycles. The summed E-state index contributed by atoms with van der Waals surface area (Å²) >= 11 is 0. The van der Waals surface area contributed by atoms with Gasteiger partial charge in [0.2, 0.25) is 0 Å². The molecule has 1 heterocycles. The fourth-order valence-electron chi connectivity index (χ4n) is 1.45. The fraction of sp³-hybridized carbons (Fsp3) is 0.571. The molecule has 106 valence electrons. The molecule has 0 radical (unpaired) electrons. The van der Waals surface area contributed by atoms with Crippen LogP contribution >= 0.6 is 0 Å². The monoisotopic (exact) mass is 268 g/mol. The Morgan fingerprint density at radius 2 is 2.00 bits per heavy atom. The van der Waals surface area contributed by atoms with E-state index in [0.717, 1.165) is 0 Å². The van der Waals surface area contributed by atoms with Gasteiger partial charge in [0.15, 0.2) is 0 Å². The Labute approximate surface area is 112 Å². The maximum Gasteiger partial charge on any atom is 0.341 e. The highest BCUT2D eigenvalue weighted by atomic mass is 16.6. The lowest BCUT2D eigenvalue weighted by molar-refractivity contribution is -0.154. The molecule has 0 aromatic carbocycles. The third kappa shape index (κ3) is 5.59. The van der Waals surface area contributed by atoms with E-state index in [-0.39, 0.29) is 12.4 Å². The first-order chi connectivity index (χ1) is 8.81. The van der Waals surface area contributed by atoms with Gasteiger partial charge >= 0.3 is 11.9 Å². The van der Waals surface area contributed by atoms with E-state index in [1.807, 2.05) is 20.8 Å². The van der Waals surface area contributed by atoms with Crippen LogP contribution in [-0.4, -0.2) is 24.1 Å². The molecule has 0 aliphatic heterocycles. The van der Waals surface area contributed by atoms with Crippen LogP contribution in [0.2, 0.25) is 0 Å². The van der Waals surface area contributed by atoms with E-state index in [0.29, 0.717) is 24.4 Å². The van der Waals surface area contributed by atoms with E-state index < -0.39 is 11.6 Å². The molecule has 1 aromatic heterocycles. The minimum absolute atomic E-state index is 0.215. The minimum atomic E-state index is -0.490. The summed E-state index contributed by atoms with van der Waals surface area (Å²) in [6, 6.07) is 1.59. The zero-order chi connectivity index (χ0) is 14.5. The van der Waals surface area contributed by atoms with E-state index in [9.17, 15) is 9.59 Å². The number of rotatable bonds is 5. The maximum atomic E-state index is 11.5. The number of ether oxygens (including phenoxy) is 2. The van der Waals surface area contributed by atoms with E-state index in [1.165, 1.54) is 6.26 Å². The van der Waals surface area contributed by atoms with Crippen molar-refractivity contribution >= 4 is 11.9 Å². The Morgan fingerprint density at radius 1 is 1.32 bits per heavy atom. The van der Waals surface area contributed by atoms with Gasteiger partial charge in [-0.25, -0.2) is 4.79 Å². The number of hydrogen-bond donors (Lipinski definition) is 0. The van der Waals surface area contributed by atoms with Crippen LogP contribution in [0.5, 0.6) is 0 Å². The lowest BCUT2D eigenvalue weighted by Gasteiger charge is -2.19. The Morgan fingerprint density at radius 3 is 2.58 bits per heavy atom. The van der Waals surface area contributed by atoms with Gasteiger partial charge in [-0.1, -0.05) is 0 Å². The van der Waals surface area contributed by atoms with Gasteiger partial charge in [-0.2, -0.15) is 0 Å². The predicted molar refractivity (Wildman–Crippen MR) is 68.8 cm³/mol. The topological polar surface area (TPSA) is 65.7 Å². The van der Waals surface area contributed by atoms with Gasteiger partial charge in [0.25, 0.3) is 0 Å². The van der Waals surface area contributed by atoms with Gasteiger partial charge in [-0.15, -0.1) is 0 Å². The highest BCUT2D eigenvalue weighted by Gasteiger charge is 2.17. The smallest absolute Gasteiger partial charge is 0.341 e. The Kier molecular flexibility index (Phi) is 5.15. The molecule has 0 atom stereocenters. The summed E-state index contributed by atoms with van der Waals surface area (Å²) in [6.45, 7) is 7.50. The summed E-state index contributed by atoms with van der Waals surface area (Å²) in [5.41, 5.74) is -0.128. The average molecular weight is 268 g/mol. The van der Waals surface area contributed by atoms with E-state index in [1.54, 1.807) is 13.0 Å². The van der Waals surface area contributed by atoms with Crippen molar-refractivity contribution in [3.05, 3.63) is 23.7 Å². The van der Waals surface area contributed by atoms with E-state index in [4.69, 9.17) is 13.9 Å². The van der Waals surface area contributed by atoms with Crippen molar-refractivity contribution in [2.75, 3.05) is 6.61 Å². The second-order valence-corrected chi connectivity index (χ2v) is 5.11. The zero-order valence-electron chi connectivity index (χ0n) is 11.8. The summed E-state index contributed by atoms with van der Waals surface area (Å²) in [5.74, 6) is -0.148. The molecule has 0 amide bonds. The molecule has 0 unspecified atom stereocenters. The molecule has 1 aromatic rings.